The van der Waals surface area contributed by atoms with Crippen molar-refractivity contribution in [2.24, 2.45) is 0 Å². The molecular weight excluding hydrogens is 268 g/mol. The number of rotatable bonds is 5. The van der Waals surface area contributed by atoms with Gasteiger partial charge in [0.05, 0.1) is 17.1 Å². The monoisotopic (exact) mass is 282 g/mol. The molecule has 0 radical (unpaired) electrons. The molecule has 6 nitrogen and oxygen atoms in total. The number of H-pyrrole nitrogens is 1. The third kappa shape index (κ3) is 3.29. The van der Waals surface area contributed by atoms with Crippen LogP contribution < -0.4 is 10.9 Å². The normalized spacial score (nSPS) is 10.4. The molecule has 1 amide bonds. The maximum absolute atomic E-state index is 11.4. The van der Waals surface area contributed by atoms with Crippen LogP contribution in [0.2, 0.25) is 5.02 Å². The first-order valence-corrected chi connectivity index (χ1v) is 6.41. The number of unbranched alkanes of at least 4 members (excludes halogenated alkanes) is 1. The number of hydrazine groups is 1. The second-order valence-corrected chi connectivity index (χ2v) is 4.38. The van der Waals surface area contributed by atoms with Crippen molar-refractivity contribution in [3.8, 4) is 0 Å². The lowest BCUT2D eigenvalue weighted by Gasteiger charge is -2.07. The highest BCUT2D eigenvalue weighted by atomic mass is 35.5. The number of carbonyl (C=O) groups excluding carboxylic acids is 1. The number of anilines is 1. The van der Waals surface area contributed by atoms with E-state index < -0.39 is 6.09 Å². The van der Waals surface area contributed by atoms with Gasteiger partial charge in [0.2, 0.25) is 0 Å². The first-order valence-electron chi connectivity index (χ1n) is 6.03. The Kier molecular flexibility index (Phi) is 4.46. The predicted octanol–water partition coefficient (Wildman–Crippen LogP) is 3.07. The van der Waals surface area contributed by atoms with Gasteiger partial charge in [0.25, 0.3) is 0 Å². The molecule has 2 rings (SSSR count). The van der Waals surface area contributed by atoms with Crippen LogP contribution in [-0.4, -0.2) is 22.9 Å². The summed E-state index contributed by atoms with van der Waals surface area (Å²) in [4.78, 5) is 11.4. The third-order valence-electron chi connectivity index (χ3n) is 2.56. The van der Waals surface area contributed by atoms with E-state index in [9.17, 15) is 4.79 Å². The van der Waals surface area contributed by atoms with Crippen molar-refractivity contribution < 1.29 is 9.53 Å². The van der Waals surface area contributed by atoms with E-state index in [4.69, 9.17) is 16.3 Å². The number of nitrogens with one attached hydrogen (secondary N) is 3. The zero-order chi connectivity index (χ0) is 13.7. The summed E-state index contributed by atoms with van der Waals surface area (Å²) in [6.07, 6.45) is 1.28. The first-order chi connectivity index (χ1) is 9.22. The molecule has 0 saturated carbocycles. The number of hydrogen-bond acceptors (Lipinski definition) is 4. The number of benzene rings is 1. The van der Waals surface area contributed by atoms with Gasteiger partial charge in [-0.15, -0.1) is 0 Å². The maximum Gasteiger partial charge on any atom is 0.425 e. The quantitative estimate of drug-likeness (QED) is 0.582. The second-order valence-electron chi connectivity index (χ2n) is 3.97. The van der Waals surface area contributed by atoms with Gasteiger partial charge in [-0.1, -0.05) is 31.0 Å². The van der Waals surface area contributed by atoms with Crippen LogP contribution in [0, 0.1) is 0 Å². The molecule has 7 heteroatoms. The fraction of sp³-hybridized carbons (Fsp3) is 0.333. The molecule has 0 atom stereocenters. The summed E-state index contributed by atoms with van der Waals surface area (Å²) in [6, 6.07) is 5.42. The van der Waals surface area contributed by atoms with Gasteiger partial charge in [0, 0.05) is 5.39 Å². The summed E-state index contributed by atoms with van der Waals surface area (Å²) in [6.45, 7) is 2.43. The van der Waals surface area contributed by atoms with Crippen LogP contribution >= 0.6 is 11.6 Å². The highest BCUT2D eigenvalue weighted by molar-refractivity contribution is 6.35. The van der Waals surface area contributed by atoms with Crippen LogP contribution in [0.3, 0.4) is 0 Å². The average Bonchev–Trinajstić information content (AvgIpc) is 2.81. The smallest absolute Gasteiger partial charge is 0.425 e. The Balaban J connectivity index is 1.95. The number of fused-ring (bicyclic) bond motifs is 1. The van der Waals surface area contributed by atoms with Gasteiger partial charge in [-0.3, -0.25) is 10.5 Å². The molecule has 0 aliphatic carbocycles. The van der Waals surface area contributed by atoms with Gasteiger partial charge >= 0.3 is 6.09 Å². The minimum absolute atomic E-state index is 0.400. The van der Waals surface area contributed by atoms with E-state index in [1.807, 2.05) is 19.1 Å². The third-order valence-corrected chi connectivity index (χ3v) is 2.88. The number of carbonyl (C=O) groups is 1. The zero-order valence-corrected chi connectivity index (χ0v) is 11.3. The number of hydrogen-bond donors (Lipinski definition) is 3. The highest BCUT2D eigenvalue weighted by Gasteiger charge is 2.08. The second kappa shape index (κ2) is 6.29. The molecule has 0 spiro atoms. The number of aromatic amines is 1. The van der Waals surface area contributed by atoms with Crippen LogP contribution in [0.15, 0.2) is 18.2 Å². The number of amides is 1. The van der Waals surface area contributed by atoms with Crippen molar-refractivity contribution in [1.29, 1.82) is 0 Å². The summed E-state index contributed by atoms with van der Waals surface area (Å²) < 4.78 is 4.94. The highest BCUT2D eigenvalue weighted by Crippen LogP contribution is 2.25. The number of aromatic nitrogens is 2. The molecule has 1 aromatic carbocycles. The van der Waals surface area contributed by atoms with E-state index in [-0.39, 0.29) is 0 Å². The number of halogens is 1. The molecule has 3 N–H and O–H groups in total. The molecule has 1 heterocycles. The van der Waals surface area contributed by atoms with Crippen LogP contribution in [0.4, 0.5) is 10.6 Å². The Morgan fingerprint density at radius 2 is 2.37 bits per heavy atom. The fourth-order valence-electron chi connectivity index (χ4n) is 1.56. The van der Waals surface area contributed by atoms with Crippen molar-refractivity contribution in [1.82, 2.24) is 15.6 Å². The molecule has 102 valence electrons. The molecule has 0 unspecified atom stereocenters. The van der Waals surface area contributed by atoms with Gasteiger partial charge in [-0.2, -0.15) is 5.10 Å². The van der Waals surface area contributed by atoms with Crippen molar-refractivity contribution in [2.75, 3.05) is 12.0 Å². The van der Waals surface area contributed by atoms with Crippen molar-refractivity contribution in [2.45, 2.75) is 19.8 Å². The summed E-state index contributed by atoms with van der Waals surface area (Å²) in [5.74, 6) is 0.491. The Hall–Kier alpha value is -1.95. The Labute approximate surface area is 115 Å². The molecule has 2 aromatic rings. The minimum Gasteiger partial charge on any atom is -0.448 e. The Bertz CT molecular complexity index is 570. The Morgan fingerprint density at radius 3 is 3.16 bits per heavy atom. The van der Waals surface area contributed by atoms with Crippen LogP contribution in [0.1, 0.15) is 19.8 Å². The summed E-state index contributed by atoms with van der Waals surface area (Å²) in [5.41, 5.74) is 5.83. The summed E-state index contributed by atoms with van der Waals surface area (Å²) in [7, 11) is 0. The molecule has 0 saturated heterocycles. The van der Waals surface area contributed by atoms with Gasteiger partial charge < -0.3 is 4.74 Å². The molecule has 0 aliphatic rings. The van der Waals surface area contributed by atoms with Crippen molar-refractivity contribution in [3.63, 3.8) is 0 Å². The van der Waals surface area contributed by atoms with Gasteiger partial charge in [0.15, 0.2) is 5.82 Å². The summed E-state index contributed by atoms with van der Waals surface area (Å²) >= 11 is 6.01. The average molecular weight is 283 g/mol. The largest absolute Gasteiger partial charge is 0.448 e. The van der Waals surface area contributed by atoms with E-state index in [2.05, 4.69) is 21.0 Å². The van der Waals surface area contributed by atoms with Gasteiger partial charge in [-0.05, 0) is 18.6 Å². The molecule has 19 heavy (non-hydrogen) atoms. The summed E-state index contributed by atoms with van der Waals surface area (Å²) in [5, 5.41) is 8.20. The molecule has 1 aromatic heterocycles. The molecular formula is C12H15ClN4O2. The predicted molar refractivity (Wildman–Crippen MR) is 74.1 cm³/mol. The molecule has 0 fully saturated rings. The van der Waals surface area contributed by atoms with Gasteiger partial charge in [0.1, 0.15) is 0 Å². The first kappa shape index (κ1) is 13.5. The zero-order valence-electron chi connectivity index (χ0n) is 10.5. The lowest BCUT2D eigenvalue weighted by Crippen LogP contribution is -2.30. The SMILES string of the molecule is CCCCOC(=O)NNc1n[nH]c2c(Cl)cccc12. The van der Waals surface area contributed by atoms with E-state index in [1.165, 1.54) is 0 Å². The Morgan fingerprint density at radius 1 is 1.53 bits per heavy atom. The van der Waals surface area contributed by atoms with E-state index in [0.29, 0.717) is 23.0 Å². The van der Waals surface area contributed by atoms with Crippen LogP contribution in [0.5, 0.6) is 0 Å². The van der Waals surface area contributed by atoms with Crippen LogP contribution in [-0.2, 0) is 4.74 Å². The topological polar surface area (TPSA) is 79.0 Å². The van der Waals surface area contributed by atoms with E-state index >= 15 is 0 Å². The number of ether oxygens (including phenoxy) is 1. The lowest BCUT2D eigenvalue weighted by atomic mass is 10.2. The van der Waals surface area contributed by atoms with E-state index in [0.717, 1.165) is 18.2 Å². The lowest BCUT2D eigenvalue weighted by molar-refractivity contribution is 0.146. The maximum atomic E-state index is 11.4. The van der Waals surface area contributed by atoms with E-state index in [1.54, 1.807) is 6.07 Å². The van der Waals surface area contributed by atoms with Gasteiger partial charge in [-0.25, -0.2) is 10.2 Å². The fourth-order valence-corrected chi connectivity index (χ4v) is 1.77. The van der Waals surface area contributed by atoms with Crippen LogP contribution in [0.25, 0.3) is 10.9 Å². The number of para-hydroxylation sites is 1. The standard InChI is InChI=1S/C12H15ClN4O2/c1-2-3-7-19-12(18)17-16-11-8-5-4-6-9(13)10(8)14-15-11/h4-6H,2-3,7H2,1H3,(H,17,18)(H2,14,15,16). The minimum atomic E-state index is -0.536. The number of nitrogens with zero attached hydrogens (tertiary/aromatic N) is 1. The van der Waals surface area contributed by atoms with Crippen molar-refractivity contribution in [3.05, 3.63) is 23.2 Å². The van der Waals surface area contributed by atoms with Crippen molar-refractivity contribution >= 4 is 34.4 Å². The molecule has 0 aliphatic heterocycles. The molecule has 0 bridgehead atoms.